The SMILES string of the molecule is CC.CC(C)(C)OC(=O)NN1CCC(O)CC1. The number of nitrogens with zero attached hydrogens (tertiary/aromatic N) is 1. The summed E-state index contributed by atoms with van der Waals surface area (Å²) in [4.78, 5) is 11.4. The summed E-state index contributed by atoms with van der Waals surface area (Å²) in [6, 6.07) is 0. The Bertz CT molecular complexity index is 218. The number of hydrogen-bond acceptors (Lipinski definition) is 4. The molecule has 1 aliphatic rings. The van der Waals surface area contributed by atoms with Gasteiger partial charge in [0.05, 0.1) is 6.10 Å². The van der Waals surface area contributed by atoms with Crippen LogP contribution in [0.1, 0.15) is 47.5 Å². The van der Waals surface area contributed by atoms with E-state index in [0.717, 1.165) is 0 Å². The number of aliphatic hydroxyl groups is 1. The van der Waals surface area contributed by atoms with Crippen molar-refractivity contribution < 1.29 is 14.6 Å². The molecule has 0 aromatic rings. The van der Waals surface area contributed by atoms with Gasteiger partial charge >= 0.3 is 6.09 Å². The van der Waals surface area contributed by atoms with Crippen LogP contribution in [-0.4, -0.2) is 41.0 Å². The zero-order valence-electron chi connectivity index (χ0n) is 11.6. The highest BCUT2D eigenvalue weighted by Gasteiger charge is 2.21. The Morgan fingerprint density at radius 3 is 2.18 bits per heavy atom. The Balaban J connectivity index is 0.00000121. The summed E-state index contributed by atoms with van der Waals surface area (Å²) in [5.74, 6) is 0. The number of aliphatic hydroxyl groups excluding tert-OH is 1. The molecule has 5 heteroatoms. The van der Waals surface area contributed by atoms with Crippen molar-refractivity contribution in [2.45, 2.75) is 59.2 Å². The van der Waals surface area contributed by atoms with Crippen LogP contribution in [0, 0.1) is 0 Å². The van der Waals surface area contributed by atoms with Crippen LogP contribution in [0.4, 0.5) is 4.79 Å². The van der Waals surface area contributed by atoms with Crippen LogP contribution in [0.25, 0.3) is 0 Å². The van der Waals surface area contributed by atoms with Gasteiger partial charge in [-0.15, -0.1) is 0 Å². The van der Waals surface area contributed by atoms with E-state index in [-0.39, 0.29) is 6.10 Å². The maximum Gasteiger partial charge on any atom is 0.422 e. The topological polar surface area (TPSA) is 61.8 Å². The zero-order chi connectivity index (χ0) is 13.5. The molecule has 0 spiro atoms. The minimum absolute atomic E-state index is 0.235. The van der Waals surface area contributed by atoms with Gasteiger partial charge in [0.2, 0.25) is 0 Å². The number of nitrogens with one attached hydrogen (secondary N) is 1. The fourth-order valence-electron chi connectivity index (χ4n) is 1.41. The lowest BCUT2D eigenvalue weighted by Gasteiger charge is -2.30. The Morgan fingerprint density at radius 1 is 1.29 bits per heavy atom. The maximum absolute atomic E-state index is 11.4. The largest absolute Gasteiger partial charge is 0.443 e. The lowest BCUT2D eigenvalue weighted by molar-refractivity contribution is 0.0156. The predicted molar refractivity (Wildman–Crippen MR) is 67.5 cm³/mol. The molecule has 0 aromatic heterocycles. The summed E-state index contributed by atoms with van der Waals surface area (Å²) in [7, 11) is 0. The fourth-order valence-corrected chi connectivity index (χ4v) is 1.41. The molecule has 102 valence electrons. The Morgan fingerprint density at radius 2 is 1.76 bits per heavy atom. The standard InChI is InChI=1S/C10H20N2O3.C2H6/c1-10(2,3)15-9(14)11-12-6-4-8(13)5-7-12;1-2/h8,13H,4-7H2,1-3H3,(H,11,14);1-2H3. The summed E-state index contributed by atoms with van der Waals surface area (Å²) in [5, 5.41) is 11.1. The molecule has 0 atom stereocenters. The van der Waals surface area contributed by atoms with Crippen LogP contribution >= 0.6 is 0 Å². The minimum atomic E-state index is -0.473. The number of hydrazine groups is 1. The maximum atomic E-state index is 11.4. The van der Waals surface area contributed by atoms with Crippen molar-refractivity contribution in [3.8, 4) is 0 Å². The first kappa shape index (κ1) is 16.2. The van der Waals surface area contributed by atoms with Crippen LogP contribution in [0.3, 0.4) is 0 Å². The molecule has 1 saturated heterocycles. The molecular formula is C12H26N2O3. The number of rotatable bonds is 1. The highest BCUT2D eigenvalue weighted by atomic mass is 16.6. The number of ether oxygens (including phenoxy) is 1. The molecule has 0 unspecified atom stereocenters. The van der Waals surface area contributed by atoms with E-state index in [4.69, 9.17) is 4.74 Å². The van der Waals surface area contributed by atoms with Crippen LogP contribution in [-0.2, 0) is 4.74 Å². The van der Waals surface area contributed by atoms with E-state index in [1.807, 2.05) is 34.6 Å². The normalized spacial score (nSPS) is 18.0. The van der Waals surface area contributed by atoms with E-state index in [2.05, 4.69) is 5.43 Å². The van der Waals surface area contributed by atoms with Gasteiger partial charge in [-0.3, -0.25) is 5.43 Å². The number of hydrogen-bond donors (Lipinski definition) is 2. The highest BCUT2D eigenvalue weighted by molar-refractivity contribution is 5.67. The molecule has 1 rings (SSSR count). The molecule has 17 heavy (non-hydrogen) atoms. The minimum Gasteiger partial charge on any atom is -0.443 e. The Labute approximate surface area is 104 Å². The van der Waals surface area contributed by atoms with Crippen molar-refractivity contribution in [3.05, 3.63) is 0 Å². The molecule has 5 nitrogen and oxygen atoms in total. The second-order valence-corrected chi connectivity index (χ2v) is 4.83. The van der Waals surface area contributed by atoms with E-state index < -0.39 is 11.7 Å². The van der Waals surface area contributed by atoms with Crippen LogP contribution in [0.2, 0.25) is 0 Å². The third kappa shape index (κ3) is 7.99. The monoisotopic (exact) mass is 246 g/mol. The van der Waals surface area contributed by atoms with Gasteiger partial charge in [0.1, 0.15) is 5.60 Å². The van der Waals surface area contributed by atoms with Gasteiger partial charge in [-0.2, -0.15) is 0 Å². The van der Waals surface area contributed by atoms with E-state index in [9.17, 15) is 9.90 Å². The first-order valence-corrected chi connectivity index (χ1v) is 6.29. The fraction of sp³-hybridized carbons (Fsp3) is 0.917. The smallest absolute Gasteiger partial charge is 0.422 e. The predicted octanol–water partition coefficient (Wildman–Crippen LogP) is 1.91. The van der Waals surface area contributed by atoms with Crippen LogP contribution in [0.5, 0.6) is 0 Å². The summed E-state index contributed by atoms with van der Waals surface area (Å²) in [5.41, 5.74) is 2.18. The Hall–Kier alpha value is -0.810. The third-order valence-corrected chi connectivity index (χ3v) is 2.11. The van der Waals surface area contributed by atoms with Crippen molar-refractivity contribution in [1.29, 1.82) is 0 Å². The summed E-state index contributed by atoms with van der Waals surface area (Å²) in [6.07, 6.45) is 0.714. The lowest BCUT2D eigenvalue weighted by atomic mass is 10.1. The Kier molecular flexibility index (Phi) is 7.15. The first-order valence-electron chi connectivity index (χ1n) is 6.29. The number of piperidine rings is 1. The lowest BCUT2D eigenvalue weighted by Crippen LogP contribution is -2.49. The van der Waals surface area contributed by atoms with Crippen molar-refractivity contribution in [2.24, 2.45) is 0 Å². The quantitative estimate of drug-likeness (QED) is 0.742. The first-order chi connectivity index (χ1) is 7.87. The molecule has 2 N–H and O–H groups in total. The van der Waals surface area contributed by atoms with E-state index >= 15 is 0 Å². The number of amides is 1. The zero-order valence-corrected chi connectivity index (χ0v) is 11.6. The molecule has 0 aliphatic carbocycles. The summed E-state index contributed by atoms with van der Waals surface area (Å²) in [6.45, 7) is 10.8. The third-order valence-electron chi connectivity index (χ3n) is 2.11. The summed E-state index contributed by atoms with van der Waals surface area (Å²) < 4.78 is 5.11. The van der Waals surface area contributed by atoms with Gasteiger partial charge in [0.15, 0.2) is 0 Å². The average molecular weight is 246 g/mol. The number of carbonyl (C=O) groups excluding carboxylic acids is 1. The van der Waals surface area contributed by atoms with Gasteiger partial charge in [0, 0.05) is 13.1 Å². The van der Waals surface area contributed by atoms with Gasteiger partial charge in [-0.05, 0) is 33.6 Å². The second-order valence-electron chi connectivity index (χ2n) is 4.83. The van der Waals surface area contributed by atoms with Crippen LogP contribution in [0.15, 0.2) is 0 Å². The molecule has 0 aromatic carbocycles. The van der Waals surface area contributed by atoms with Crippen LogP contribution < -0.4 is 5.43 Å². The van der Waals surface area contributed by atoms with Crippen molar-refractivity contribution in [1.82, 2.24) is 10.4 Å². The van der Waals surface area contributed by atoms with Gasteiger partial charge in [0.25, 0.3) is 0 Å². The molecular weight excluding hydrogens is 220 g/mol. The van der Waals surface area contributed by atoms with E-state index in [1.165, 1.54) is 0 Å². The molecule has 0 saturated carbocycles. The van der Waals surface area contributed by atoms with Crippen molar-refractivity contribution >= 4 is 6.09 Å². The highest BCUT2D eigenvalue weighted by Crippen LogP contribution is 2.09. The van der Waals surface area contributed by atoms with E-state index in [1.54, 1.807) is 5.01 Å². The van der Waals surface area contributed by atoms with Crippen molar-refractivity contribution in [2.75, 3.05) is 13.1 Å². The molecule has 1 amide bonds. The van der Waals surface area contributed by atoms with Gasteiger partial charge in [-0.25, -0.2) is 9.80 Å². The van der Waals surface area contributed by atoms with Crippen molar-refractivity contribution in [3.63, 3.8) is 0 Å². The molecule has 0 bridgehead atoms. The molecule has 1 fully saturated rings. The summed E-state index contributed by atoms with van der Waals surface area (Å²) >= 11 is 0. The molecule has 0 radical (unpaired) electrons. The molecule has 1 aliphatic heterocycles. The van der Waals surface area contributed by atoms with E-state index in [0.29, 0.717) is 25.9 Å². The van der Waals surface area contributed by atoms with Gasteiger partial charge < -0.3 is 9.84 Å². The van der Waals surface area contributed by atoms with Gasteiger partial charge in [-0.1, -0.05) is 13.8 Å². The molecule has 1 heterocycles. The average Bonchev–Trinajstić information content (AvgIpc) is 2.22. The second kappa shape index (κ2) is 7.50. The number of carbonyl (C=O) groups is 1.